The Morgan fingerprint density at radius 2 is 2.28 bits per heavy atom. The topological polar surface area (TPSA) is 75.4 Å². The van der Waals surface area contributed by atoms with Crippen LogP contribution in [0.25, 0.3) is 0 Å². The normalized spacial score (nSPS) is 23.0. The van der Waals surface area contributed by atoms with Gasteiger partial charge in [0.2, 0.25) is 0 Å². The predicted octanol–water partition coefficient (Wildman–Crippen LogP) is 2.77. The van der Waals surface area contributed by atoms with Crippen LogP contribution in [0.2, 0.25) is 0 Å². The van der Waals surface area contributed by atoms with E-state index in [-0.39, 0.29) is 16.7 Å². The molecular weight excluding hydrogens is 347 g/mol. The number of aliphatic hydroxyl groups excluding tert-OH is 1. The summed E-state index contributed by atoms with van der Waals surface area (Å²) in [5.41, 5.74) is 0.669. The molecule has 1 aliphatic rings. The van der Waals surface area contributed by atoms with Crippen molar-refractivity contribution in [2.24, 2.45) is 5.92 Å². The second-order valence-corrected chi connectivity index (χ2v) is 5.88. The fraction of sp³-hybridized carbons (Fsp3) is 0.500. The predicted molar refractivity (Wildman–Crippen MR) is 77.7 cm³/mol. The lowest BCUT2D eigenvalue weighted by molar-refractivity contribution is -0.384. The van der Waals surface area contributed by atoms with Crippen LogP contribution >= 0.6 is 22.6 Å². The quantitative estimate of drug-likeness (QED) is 0.491. The summed E-state index contributed by atoms with van der Waals surface area (Å²) in [6.45, 7) is 0.679. The first kappa shape index (κ1) is 13.5. The Bertz CT molecular complexity index is 453. The maximum absolute atomic E-state index is 10.9. The van der Waals surface area contributed by atoms with E-state index in [2.05, 4.69) is 27.9 Å². The van der Waals surface area contributed by atoms with Crippen LogP contribution in [0.3, 0.4) is 0 Å². The standard InChI is InChI=1S/C12H15IN2O3/c13-9-2-4-11(12(6-9)15(17)18)14-7-8-1-3-10(16)5-8/h2,4,6,8,10,14,16H,1,3,5,7H2. The zero-order valence-corrected chi connectivity index (χ0v) is 12.0. The number of halogens is 1. The molecule has 1 saturated carbocycles. The Labute approximate surface area is 119 Å². The molecule has 6 heteroatoms. The Morgan fingerprint density at radius 3 is 2.89 bits per heavy atom. The smallest absolute Gasteiger partial charge is 0.293 e. The van der Waals surface area contributed by atoms with Gasteiger partial charge < -0.3 is 10.4 Å². The van der Waals surface area contributed by atoms with Crippen LogP contribution in [0.1, 0.15) is 19.3 Å². The first-order chi connectivity index (χ1) is 8.56. The average molecular weight is 362 g/mol. The summed E-state index contributed by atoms with van der Waals surface area (Å²) in [6, 6.07) is 5.15. The number of nitrogens with one attached hydrogen (secondary N) is 1. The minimum Gasteiger partial charge on any atom is -0.393 e. The maximum Gasteiger partial charge on any atom is 0.293 e. The Morgan fingerprint density at radius 1 is 1.50 bits per heavy atom. The molecule has 0 saturated heterocycles. The molecular formula is C12H15IN2O3. The molecule has 2 atom stereocenters. The molecule has 0 bridgehead atoms. The van der Waals surface area contributed by atoms with Crippen molar-refractivity contribution in [3.05, 3.63) is 31.9 Å². The number of nitro groups is 1. The first-order valence-corrected chi connectivity index (χ1v) is 7.00. The van der Waals surface area contributed by atoms with Gasteiger partial charge in [0.15, 0.2) is 0 Å². The monoisotopic (exact) mass is 362 g/mol. The minimum atomic E-state index is -0.367. The summed E-state index contributed by atoms with van der Waals surface area (Å²) in [5.74, 6) is 0.402. The van der Waals surface area contributed by atoms with Gasteiger partial charge in [0.25, 0.3) is 5.69 Å². The van der Waals surface area contributed by atoms with Crippen molar-refractivity contribution in [3.8, 4) is 0 Å². The van der Waals surface area contributed by atoms with Crippen LogP contribution in [0, 0.1) is 19.6 Å². The van der Waals surface area contributed by atoms with E-state index in [0.717, 1.165) is 22.8 Å². The van der Waals surface area contributed by atoms with Gasteiger partial charge in [-0.2, -0.15) is 0 Å². The van der Waals surface area contributed by atoms with E-state index in [1.165, 1.54) is 0 Å². The molecule has 0 amide bonds. The molecule has 2 rings (SSSR count). The average Bonchev–Trinajstić information content (AvgIpc) is 2.73. The molecule has 1 aromatic carbocycles. The second kappa shape index (κ2) is 5.83. The Balaban J connectivity index is 2.02. The molecule has 1 fully saturated rings. The van der Waals surface area contributed by atoms with E-state index < -0.39 is 0 Å². The summed E-state index contributed by atoms with van der Waals surface area (Å²) in [6.07, 6.45) is 2.39. The fourth-order valence-electron chi connectivity index (χ4n) is 2.29. The highest BCUT2D eigenvalue weighted by atomic mass is 127. The van der Waals surface area contributed by atoms with Gasteiger partial charge in [0.05, 0.1) is 11.0 Å². The first-order valence-electron chi connectivity index (χ1n) is 5.92. The van der Waals surface area contributed by atoms with Gasteiger partial charge in [0.1, 0.15) is 5.69 Å². The highest BCUT2D eigenvalue weighted by Crippen LogP contribution is 2.29. The SMILES string of the molecule is O=[N+]([O-])c1cc(I)ccc1NCC1CCC(O)C1. The number of hydrogen-bond acceptors (Lipinski definition) is 4. The van der Waals surface area contributed by atoms with Crippen LogP contribution in [0.5, 0.6) is 0 Å². The molecule has 0 aliphatic heterocycles. The molecule has 2 N–H and O–H groups in total. The third kappa shape index (κ3) is 3.32. The fourth-order valence-corrected chi connectivity index (χ4v) is 2.77. The van der Waals surface area contributed by atoms with Crippen molar-refractivity contribution < 1.29 is 10.0 Å². The minimum absolute atomic E-state index is 0.112. The molecule has 1 aliphatic carbocycles. The van der Waals surface area contributed by atoms with Crippen molar-refractivity contribution in [2.75, 3.05) is 11.9 Å². The summed E-state index contributed by atoms with van der Waals surface area (Å²) in [4.78, 5) is 10.6. The van der Waals surface area contributed by atoms with Crippen molar-refractivity contribution >= 4 is 34.0 Å². The third-order valence-corrected chi connectivity index (χ3v) is 3.92. The third-order valence-electron chi connectivity index (χ3n) is 3.25. The van der Waals surface area contributed by atoms with Crippen LogP contribution < -0.4 is 5.32 Å². The number of hydrogen-bond donors (Lipinski definition) is 2. The molecule has 0 aromatic heterocycles. The lowest BCUT2D eigenvalue weighted by Gasteiger charge is -2.12. The van der Waals surface area contributed by atoms with Crippen molar-refractivity contribution in [3.63, 3.8) is 0 Å². The van der Waals surface area contributed by atoms with E-state index in [4.69, 9.17) is 0 Å². The van der Waals surface area contributed by atoms with Gasteiger partial charge in [-0.1, -0.05) is 0 Å². The van der Waals surface area contributed by atoms with E-state index in [1.54, 1.807) is 12.1 Å². The molecule has 1 aromatic rings. The zero-order chi connectivity index (χ0) is 13.1. The second-order valence-electron chi connectivity index (χ2n) is 4.63. The molecule has 98 valence electrons. The van der Waals surface area contributed by atoms with Gasteiger partial charge in [-0.15, -0.1) is 0 Å². The van der Waals surface area contributed by atoms with Crippen LogP contribution in [-0.4, -0.2) is 22.7 Å². The van der Waals surface area contributed by atoms with E-state index in [0.29, 0.717) is 18.2 Å². The lowest BCUT2D eigenvalue weighted by atomic mass is 10.1. The highest BCUT2D eigenvalue weighted by molar-refractivity contribution is 14.1. The number of rotatable bonds is 4. The molecule has 0 radical (unpaired) electrons. The molecule has 5 nitrogen and oxygen atoms in total. The van der Waals surface area contributed by atoms with Gasteiger partial charge in [-0.3, -0.25) is 10.1 Å². The largest absolute Gasteiger partial charge is 0.393 e. The van der Waals surface area contributed by atoms with Crippen molar-refractivity contribution in [1.82, 2.24) is 0 Å². The van der Waals surface area contributed by atoms with E-state index in [1.807, 2.05) is 6.07 Å². The number of benzene rings is 1. The summed E-state index contributed by atoms with van der Waals surface area (Å²) < 4.78 is 0.848. The van der Waals surface area contributed by atoms with Crippen LogP contribution in [0.15, 0.2) is 18.2 Å². The maximum atomic E-state index is 10.9. The van der Waals surface area contributed by atoms with Gasteiger partial charge in [-0.25, -0.2) is 0 Å². The molecule has 0 heterocycles. The lowest BCUT2D eigenvalue weighted by Crippen LogP contribution is -2.13. The molecule has 2 unspecified atom stereocenters. The number of aliphatic hydroxyl groups is 1. The van der Waals surface area contributed by atoms with Crippen LogP contribution in [-0.2, 0) is 0 Å². The Hall–Kier alpha value is -0.890. The highest BCUT2D eigenvalue weighted by Gasteiger charge is 2.23. The Kier molecular flexibility index (Phi) is 4.39. The number of nitro benzene ring substituents is 1. The summed E-state index contributed by atoms with van der Waals surface area (Å²) >= 11 is 2.06. The summed E-state index contributed by atoms with van der Waals surface area (Å²) in [5, 5.41) is 23.5. The molecule has 18 heavy (non-hydrogen) atoms. The zero-order valence-electron chi connectivity index (χ0n) is 9.80. The van der Waals surface area contributed by atoms with Gasteiger partial charge >= 0.3 is 0 Å². The van der Waals surface area contributed by atoms with Gasteiger partial charge in [0, 0.05) is 16.2 Å². The number of anilines is 1. The molecule has 0 spiro atoms. The van der Waals surface area contributed by atoms with Crippen LogP contribution in [0.4, 0.5) is 11.4 Å². The van der Waals surface area contributed by atoms with Crippen molar-refractivity contribution in [1.29, 1.82) is 0 Å². The number of nitrogens with zero attached hydrogens (tertiary/aromatic N) is 1. The van der Waals surface area contributed by atoms with E-state index in [9.17, 15) is 15.2 Å². The van der Waals surface area contributed by atoms with Crippen molar-refractivity contribution in [2.45, 2.75) is 25.4 Å². The summed E-state index contributed by atoms with van der Waals surface area (Å²) in [7, 11) is 0. The van der Waals surface area contributed by atoms with E-state index >= 15 is 0 Å². The van der Waals surface area contributed by atoms with Gasteiger partial charge in [-0.05, 0) is 59.9 Å².